The van der Waals surface area contributed by atoms with E-state index >= 15 is 0 Å². The summed E-state index contributed by atoms with van der Waals surface area (Å²) in [6.07, 6.45) is 7.55. The highest BCUT2D eigenvalue weighted by atomic mass is 19.1. The van der Waals surface area contributed by atoms with Crippen LogP contribution in [0, 0.1) is 11.7 Å². The minimum atomic E-state index is -0.378. The summed E-state index contributed by atoms with van der Waals surface area (Å²) in [7, 11) is 0. The van der Waals surface area contributed by atoms with Crippen LogP contribution < -0.4 is 10.6 Å². The summed E-state index contributed by atoms with van der Waals surface area (Å²) in [5, 5.41) is 5.86. The predicted molar refractivity (Wildman–Crippen MR) is 84.1 cm³/mol. The van der Waals surface area contributed by atoms with Gasteiger partial charge in [0.25, 0.3) is 5.91 Å². The van der Waals surface area contributed by atoms with Gasteiger partial charge in [-0.3, -0.25) is 4.79 Å². The molecule has 116 valence electrons. The van der Waals surface area contributed by atoms with Gasteiger partial charge in [-0.2, -0.15) is 0 Å². The summed E-state index contributed by atoms with van der Waals surface area (Å²) in [6, 6.07) is 4.61. The number of nitrogens with one attached hydrogen (secondary N) is 2. The Hall–Kier alpha value is -1.58. The Bertz CT molecular complexity index is 470. The van der Waals surface area contributed by atoms with Crippen molar-refractivity contribution in [1.29, 1.82) is 0 Å². The number of hydrogen-bond acceptors (Lipinski definition) is 2. The van der Waals surface area contributed by atoms with Gasteiger partial charge < -0.3 is 10.6 Å². The van der Waals surface area contributed by atoms with E-state index in [4.69, 9.17) is 0 Å². The van der Waals surface area contributed by atoms with E-state index in [-0.39, 0.29) is 11.7 Å². The molecule has 1 aromatic carbocycles. The van der Waals surface area contributed by atoms with Crippen LogP contribution in [0.25, 0.3) is 0 Å². The largest absolute Gasteiger partial charge is 0.382 e. The van der Waals surface area contributed by atoms with Crippen molar-refractivity contribution < 1.29 is 9.18 Å². The second kappa shape index (κ2) is 8.01. The molecule has 0 aliphatic heterocycles. The van der Waals surface area contributed by atoms with Crippen LogP contribution in [0.2, 0.25) is 0 Å². The van der Waals surface area contributed by atoms with Crippen LogP contribution in [0.15, 0.2) is 18.2 Å². The molecular weight excluding hydrogens is 267 g/mol. The second-order valence-corrected chi connectivity index (χ2v) is 5.74. The number of para-hydroxylation sites is 1. The molecule has 0 heterocycles. The molecule has 1 amide bonds. The topological polar surface area (TPSA) is 41.1 Å². The summed E-state index contributed by atoms with van der Waals surface area (Å²) in [5.74, 6) is 0.165. The molecule has 1 aromatic rings. The quantitative estimate of drug-likeness (QED) is 0.833. The number of anilines is 1. The molecule has 21 heavy (non-hydrogen) atoms. The minimum Gasteiger partial charge on any atom is -0.382 e. The van der Waals surface area contributed by atoms with Gasteiger partial charge in [-0.05, 0) is 31.4 Å². The van der Waals surface area contributed by atoms with Crippen LogP contribution >= 0.6 is 0 Å². The van der Waals surface area contributed by atoms with Crippen molar-refractivity contribution in [3.05, 3.63) is 29.6 Å². The van der Waals surface area contributed by atoms with Crippen LogP contribution in [0.1, 0.15) is 55.8 Å². The fourth-order valence-corrected chi connectivity index (χ4v) is 3.03. The predicted octanol–water partition coefficient (Wildman–Crippen LogP) is 3.96. The maximum atomic E-state index is 13.8. The lowest BCUT2D eigenvalue weighted by Gasteiger charge is -2.21. The third-order valence-corrected chi connectivity index (χ3v) is 4.17. The van der Waals surface area contributed by atoms with E-state index in [1.165, 1.54) is 38.2 Å². The molecule has 0 radical (unpaired) electrons. The Balaban J connectivity index is 1.89. The van der Waals surface area contributed by atoms with Gasteiger partial charge in [-0.25, -0.2) is 4.39 Å². The SMILES string of the molecule is CCNc1c(F)cccc1C(=O)NCCC1CCCCC1. The zero-order valence-corrected chi connectivity index (χ0v) is 12.8. The second-order valence-electron chi connectivity index (χ2n) is 5.74. The van der Waals surface area contributed by atoms with Gasteiger partial charge in [-0.15, -0.1) is 0 Å². The Kier molecular flexibility index (Phi) is 6.03. The summed E-state index contributed by atoms with van der Waals surface area (Å²) in [6.45, 7) is 3.14. The average molecular weight is 292 g/mol. The molecule has 1 fully saturated rings. The zero-order chi connectivity index (χ0) is 15.1. The van der Waals surface area contributed by atoms with E-state index in [0.29, 0.717) is 24.3 Å². The van der Waals surface area contributed by atoms with Crippen LogP contribution in [0.3, 0.4) is 0 Å². The summed E-state index contributed by atoms with van der Waals surface area (Å²) in [5.41, 5.74) is 0.690. The number of rotatable bonds is 6. The van der Waals surface area contributed by atoms with Crippen LogP contribution in [-0.2, 0) is 0 Å². The molecule has 3 nitrogen and oxygen atoms in total. The van der Waals surface area contributed by atoms with Crippen molar-refractivity contribution in [3.63, 3.8) is 0 Å². The first-order valence-corrected chi connectivity index (χ1v) is 8.03. The maximum Gasteiger partial charge on any atom is 0.253 e. The highest BCUT2D eigenvalue weighted by molar-refractivity contribution is 5.99. The first-order valence-electron chi connectivity index (χ1n) is 8.03. The number of hydrogen-bond donors (Lipinski definition) is 2. The maximum absolute atomic E-state index is 13.8. The van der Waals surface area contributed by atoms with Crippen LogP contribution in [-0.4, -0.2) is 19.0 Å². The molecule has 0 aromatic heterocycles. The standard InChI is InChI=1S/C17H25FN2O/c1-2-19-16-14(9-6-10-15(16)18)17(21)20-12-11-13-7-4-3-5-8-13/h6,9-10,13,19H,2-5,7-8,11-12H2,1H3,(H,20,21). The van der Waals surface area contributed by atoms with E-state index in [9.17, 15) is 9.18 Å². The molecule has 1 aliphatic rings. The highest BCUT2D eigenvalue weighted by Crippen LogP contribution is 2.26. The number of halogens is 1. The van der Waals surface area contributed by atoms with Crippen LogP contribution in [0.4, 0.5) is 10.1 Å². The Morgan fingerprint density at radius 1 is 1.29 bits per heavy atom. The van der Waals surface area contributed by atoms with Gasteiger partial charge in [0.2, 0.25) is 0 Å². The van der Waals surface area contributed by atoms with Crippen molar-refractivity contribution in [2.24, 2.45) is 5.92 Å². The number of benzene rings is 1. The molecule has 2 rings (SSSR count). The van der Waals surface area contributed by atoms with Gasteiger partial charge in [0.05, 0.1) is 11.3 Å². The fourth-order valence-electron chi connectivity index (χ4n) is 3.03. The van der Waals surface area contributed by atoms with E-state index in [2.05, 4.69) is 10.6 Å². The molecule has 0 unspecified atom stereocenters. The monoisotopic (exact) mass is 292 g/mol. The molecule has 1 aliphatic carbocycles. The van der Waals surface area contributed by atoms with Gasteiger partial charge in [0.15, 0.2) is 0 Å². The molecule has 1 saturated carbocycles. The summed E-state index contributed by atoms with van der Waals surface area (Å²) in [4.78, 5) is 12.2. The summed E-state index contributed by atoms with van der Waals surface area (Å²) >= 11 is 0. The molecule has 2 N–H and O–H groups in total. The van der Waals surface area contributed by atoms with Gasteiger partial charge in [0, 0.05) is 13.1 Å². The first-order chi connectivity index (χ1) is 10.2. The van der Waals surface area contributed by atoms with Crippen molar-refractivity contribution in [2.75, 3.05) is 18.4 Å². The number of carbonyl (C=O) groups is 1. The van der Waals surface area contributed by atoms with E-state index in [1.54, 1.807) is 12.1 Å². The van der Waals surface area contributed by atoms with E-state index in [1.807, 2.05) is 6.92 Å². The summed E-state index contributed by atoms with van der Waals surface area (Å²) < 4.78 is 13.8. The molecular formula is C17H25FN2O. The third kappa shape index (κ3) is 4.45. The van der Waals surface area contributed by atoms with Gasteiger partial charge in [-0.1, -0.05) is 38.2 Å². The molecule has 0 atom stereocenters. The van der Waals surface area contributed by atoms with Crippen LogP contribution in [0.5, 0.6) is 0 Å². The lowest BCUT2D eigenvalue weighted by molar-refractivity contribution is 0.0950. The van der Waals surface area contributed by atoms with Gasteiger partial charge >= 0.3 is 0 Å². The van der Waals surface area contributed by atoms with Crippen molar-refractivity contribution in [1.82, 2.24) is 5.32 Å². The fraction of sp³-hybridized carbons (Fsp3) is 0.588. The minimum absolute atomic E-state index is 0.193. The molecule has 0 bridgehead atoms. The Labute approximate surface area is 126 Å². The van der Waals surface area contributed by atoms with Crippen molar-refractivity contribution in [3.8, 4) is 0 Å². The molecule has 0 spiro atoms. The lowest BCUT2D eigenvalue weighted by atomic mass is 9.87. The Morgan fingerprint density at radius 2 is 2.05 bits per heavy atom. The molecule has 4 heteroatoms. The third-order valence-electron chi connectivity index (χ3n) is 4.17. The van der Waals surface area contributed by atoms with Crippen molar-refractivity contribution in [2.45, 2.75) is 45.4 Å². The smallest absolute Gasteiger partial charge is 0.253 e. The first kappa shape index (κ1) is 15.8. The Morgan fingerprint density at radius 3 is 2.76 bits per heavy atom. The van der Waals surface area contributed by atoms with Gasteiger partial charge in [0.1, 0.15) is 5.82 Å². The van der Waals surface area contributed by atoms with Crippen molar-refractivity contribution >= 4 is 11.6 Å². The average Bonchev–Trinajstić information content (AvgIpc) is 2.50. The molecule has 0 saturated heterocycles. The number of carbonyl (C=O) groups excluding carboxylic acids is 1. The highest BCUT2D eigenvalue weighted by Gasteiger charge is 2.16. The zero-order valence-electron chi connectivity index (χ0n) is 12.8. The lowest BCUT2D eigenvalue weighted by Crippen LogP contribution is -2.27. The normalized spacial score (nSPS) is 15.7. The number of amides is 1. The van der Waals surface area contributed by atoms with E-state index < -0.39 is 0 Å². The van der Waals surface area contributed by atoms with E-state index in [0.717, 1.165) is 12.3 Å².